The number of carbonyl (C=O) groups is 1. The van der Waals surface area contributed by atoms with Crippen LogP contribution in [0.15, 0.2) is 6.20 Å². The molecule has 6 heteroatoms. The molecule has 0 aliphatic heterocycles. The zero-order chi connectivity index (χ0) is 12.7. The van der Waals surface area contributed by atoms with E-state index in [0.29, 0.717) is 11.6 Å². The van der Waals surface area contributed by atoms with Gasteiger partial charge in [-0.05, 0) is 30.9 Å². The number of carbonyl (C=O) groups excluding carboxylic acids is 1. The Labute approximate surface area is 110 Å². The van der Waals surface area contributed by atoms with E-state index in [1.807, 2.05) is 0 Å². The van der Waals surface area contributed by atoms with Crippen LogP contribution >= 0.6 is 23.2 Å². The van der Waals surface area contributed by atoms with Crippen LogP contribution in [0.4, 0.5) is 0 Å². The van der Waals surface area contributed by atoms with E-state index in [4.69, 9.17) is 23.2 Å². The highest BCUT2D eigenvalue weighted by molar-refractivity contribution is 6.32. The van der Waals surface area contributed by atoms with E-state index in [0.717, 1.165) is 31.2 Å². The summed E-state index contributed by atoms with van der Waals surface area (Å²) in [4.78, 5) is 18.6. The lowest BCUT2D eigenvalue weighted by Gasteiger charge is -2.03. The number of nitrogens with zero attached hydrogens (tertiary/aromatic N) is 2. The number of ether oxygens (including phenoxy) is 1. The van der Waals surface area contributed by atoms with E-state index in [9.17, 15) is 4.79 Å². The Hall–Kier alpha value is -0.870. The summed E-state index contributed by atoms with van der Waals surface area (Å²) in [5, 5.41) is 0.558. The summed E-state index contributed by atoms with van der Waals surface area (Å²) in [7, 11) is 1.40. The topological polar surface area (TPSA) is 52.1 Å². The molecule has 0 aromatic carbocycles. The molecule has 17 heavy (non-hydrogen) atoms. The van der Waals surface area contributed by atoms with Gasteiger partial charge in [0.25, 0.3) is 0 Å². The van der Waals surface area contributed by atoms with Crippen molar-refractivity contribution >= 4 is 29.2 Å². The summed E-state index contributed by atoms with van der Waals surface area (Å²) in [5.74, 6) is -0.169. The molecule has 4 nitrogen and oxygen atoms in total. The van der Waals surface area contributed by atoms with Crippen LogP contribution in [0.3, 0.4) is 0 Å². The van der Waals surface area contributed by atoms with E-state index in [-0.39, 0.29) is 11.3 Å². The maximum Gasteiger partial charge on any atom is 0.305 e. The highest BCUT2D eigenvalue weighted by atomic mass is 35.5. The van der Waals surface area contributed by atoms with Gasteiger partial charge < -0.3 is 4.74 Å². The number of aromatic nitrogens is 2. The minimum Gasteiger partial charge on any atom is -0.469 e. The summed E-state index contributed by atoms with van der Waals surface area (Å²) < 4.78 is 4.55. The molecule has 0 radical (unpaired) electrons. The zero-order valence-electron chi connectivity index (χ0n) is 9.58. The molecule has 0 fully saturated rings. The number of aryl methyl sites for hydroxylation is 1. The van der Waals surface area contributed by atoms with Gasteiger partial charge in [0.1, 0.15) is 5.15 Å². The molecule has 0 unspecified atom stereocenters. The fraction of sp³-hybridized carbons (Fsp3) is 0.545. The lowest BCUT2D eigenvalue weighted by atomic mass is 10.1. The molecular weight excluding hydrogens is 263 g/mol. The third-order valence-corrected chi connectivity index (χ3v) is 2.85. The average Bonchev–Trinajstić information content (AvgIpc) is 2.30. The second-order valence-electron chi connectivity index (χ2n) is 3.59. The first-order chi connectivity index (χ1) is 8.13. The van der Waals surface area contributed by atoms with Gasteiger partial charge in [-0.2, -0.15) is 0 Å². The van der Waals surface area contributed by atoms with Crippen LogP contribution in [-0.4, -0.2) is 23.0 Å². The fourth-order valence-electron chi connectivity index (χ4n) is 1.40. The number of methoxy groups -OCH3 is 1. The van der Waals surface area contributed by atoms with Crippen molar-refractivity contribution in [2.45, 2.75) is 32.1 Å². The van der Waals surface area contributed by atoms with Crippen LogP contribution in [0.1, 0.15) is 31.2 Å². The fourth-order valence-corrected chi connectivity index (χ4v) is 1.80. The van der Waals surface area contributed by atoms with E-state index in [1.165, 1.54) is 7.11 Å². The second-order valence-corrected chi connectivity index (χ2v) is 4.29. The molecule has 1 aromatic rings. The summed E-state index contributed by atoms with van der Waals surface area (Å²) in [6, 6.07) is 0. The van der Waals surface area contributed by atoms with Crippen molar-refractivity contribution in [1.29, 1.82) is 0 Å². The van der Waals surface area contributed by atoms with Gasteiger partial charge in [-0.3, -0.25) is 4.79 Å². The molecule has 1 aromatic heterocycles. The first-order valence-corrected chi connectivity index (χ1v) is 6.13. The molecule has 94 valence electrons. The average molecular weight is 277 g/mol. The van der Waals surface area contributed by atoms with Crippen molar-refractivity contribution in [2.75, 3.05) is 7.11 Å². The number of hydrogen-bond acceptors (Lipinski definition) is 4. The lowest BCUT2D eigenvalue weighted by Crippen LogP contribution is -1.99. The Bertz CT molecular complexity index is 386. The van der Waals surface area contributed by atoms with Crippen LogP contribution in [0, 0.1) is 0 Å². The highest BCUT2D eigenvalue weighted by Gasteiger charge is 2.04. The van der Waals surface area contributed by atoms with Crippen LogP contribution in [-0.2, 0) is 16.0 Å². The Morgan fingerprint density at radius 3 is 2.76 bits per heavy atom. The van der Waals surface area contributed by atoms with Gasteiger partial charge >= 0.3 is 5.97 Å². The van der Waals surface area contributed by atoms with Crippen LogP contribution in [0.2, 0.25) is 10.4 Å². The van der Waals surface area contributed by atoms with E-state index in [1.54, 1.807) is 6.20 Å². The van der Waals surface area contributed by atoms with Gasteiger partial charge in [-0.15, -0.1) is 0 Å². The molecule has 0 aliphatic rings. The van der Waals surface area contributed by atoms with Gasteiger partial charge in [-0.1, -0.05) is 18.0 Å². The Balaban J connectivity index is 2.24. The van der Waals surface area contributed by atoms with Crippen LogP contribution in [0.5, 0.6) is 0 Å². The maximum atomic E-state index is 10.9. The van der Waals surface area contributed by atoms with Gasteiger partial charge in [0.15, 0.2) is 0 Å². The van der Waals surface area contributed by atoms with Crippen molar-refractivity contribution in [3.05, 3.63) is 22.2 Å². The second kappa shape index (κ2) is 7.45. The molecule has 1 rings (SSSR count). The first kappa shape index (κ1) is 14.2. The standard InChI is InChI=1S/C11H14Cl2N2O2/c1-17-9(16)6-4-2-3-5-8-7-14-11(13)15-10(8)12/h7H,2-6H2,1H3. The maximum absolute atomic E-state index is 10.9. The Morgan fingerprint density at radius 2 is 2.12 bits per heavy atom. The largest absolute Gasteiger partial charge is 0.469 e. The normalized spacial score (nSPS) is 10.3. The summed E-state index contributed by atoms with van der Waals surface area (Å²) >= 11 is 11.5. The third-order valence-electron chi connectivity index (χ3n) is 2.34. The number of halogens is 2. The molecule has 1 heterocycles. The van der Waals surface area contributed by atoms with Crippen molar-refractivity contribution in [2.24, 2.45) is 0 Å². The molecule has 0 saturated carbocycles. The summed E-state index contributed by atoms with van der Waals surface area (Å²) in [5.41, 5.74) is 0.883. The lowest BCUT2D eigenvalue weighted by molar-refractivity contribution is -0.140. The van der Waals surface area contributed by atoms with Crippen molar-refractivity contribution in [1.82, 2.24) is 9.97 Å². The first-order valence-electron chi connectivity index (χ1n) is 5.37. The molecule has 0 spiro atoms. The smallest absolute Gasteiger partial charge is 0.305 e. The van der Waals surface area contributed by atoms with Crippen molar-refractivity contribution < 1.29 is 9.53 Å². The zero-order valence-corrected chi connectivity index (χ0v) is 11.1. The van der Waals surface area contributed by atoms with Gasteiger partial charge in [0, 0.05) is 18.2 Å². The highest BCUT2D eigenvalue weighted by Crippen LogP contribution is 2.17. The van der Waals surface area contributed by atoms with Gasteiger partial charge in [0.05, 0.1) is 7.11 Å². The summed E-state index contributed by atoms with van der Waals surface area (Å²) in [6.07, 6.45) is 5.57. The minimum absolute atomic E-state index is 0.157. The third kappa shape index (κ3) is 5.33. The van der Waals surface area contributed by atoms with Crippen LogP contribution < -0.4 is 0 Å². The number of rotatable bonds is 6. The monoisotopic (exact) mass is 276 g/mol. The predicted octanol–water partition coefficient (Wildman–Crippen LogP) is 3.06. The molecule has 0 atom stereocenters. The van der Waals surface area contributed by atoms with E-state index >= 15 is 0 Å². The molecular formula is C11H14Cl2N2O2. The minimum atomic E-state index is -0.169. The molecule has 0 N–H and O–H groups in total. The predicted molar refractivity (Wildman–Crippen MR) is 66.2 cm³/mol. The SMILES string of the molecule is COC(=O)CCCCCc1cnc(Cl)nc1Cl. The van der Waals surface area contributed by atoms with E-state index < -0.39 is 0 Å². The number of unbranched alkanes of at least 4 members (excludes halogenated alkanes) is 2. The quantitative estimate of drug-likeness (QED) is 0.347. The Kier molecular flexibility index (Phi) is 6.22. The van der Waals surface area contributed by atoms with Crippen molar-refractivity contribution in [3.8, 4) is 0 Å². The molecule has 0 bridgehead atoms. The molecule has 0 amide bonds. The summed E-state index contributed by atoms with van der Waals surface area (Å²) in [6.45, 7) is 0. The molecule has 0 saturated heterocycles. The van der Waals surface area contributed by atoms with Gasteiger partial charge in [0.2, 0.25) is 5.28 Å². The number of hydrogen-bond donors (Lipinski definition) is 0. The Morgan fingerprint density at radius 1 is 1.35 bits per heavy atom. The van der Waals surface area contributed by atoms with Gasteiger partial charge in [-0.25, -0.2) is 9.97 Å². The van der Waals surface area contributed by atoms with E-state index in [2.05, 4.69) is 14.7 Å². The van der Waals surface area contributed by atoms with Crippen molar-refractivity contribution in [3.63, 3.8) is 0 Å². The van der Waals surface area contributed by atoms with Crippen LogP contribution in [0.25, 0.3) is 0 Å². The number of esters is 1. The molecule has 0 aliphatic carbocycles.